The number of nitrogens with zero attached hydrogens (tertiary/aromatic N) is 4. The summed E-state index contributed by atoms with van der Waals surface area (Å²) >= 11 is 0. The number of carbonyl (C=O) groups is 1. The Bertz CT molecular complexity index is 1350. The van der Waals surface area contributed by atoms with Gasteiger partial charge in [-0.15, -0.1) is 0 Å². The van der Waals surface area contributed by atoms with Crippen molar-refractivity contribution in [2.24, 2.45) is 5.92 Å². The molecule has 0 radical (unpaired) electrons. The van der Waals surface area contributed by atoms with Gasteiger partial charge in [0.1, 0.15) is 11.6 Å². The van der Waals surface area contributed by atoms with E-state index in [2.05, 4.69) is 42.9 Å². The Morgan fingerprint density at radius 1 is 1.03 bits per heavy atom. The maximum Gasteiger partial charge on any atom is 0.258 e. The molecule has 7 nitrogen and oxygen atoms in total. The molecule has 6 rings (SSSR count). The van der Waals surface area contributed by atoms with Crippen molar-refractivity contribution in [3.8, 4) is 5.75 Å². The number of aromatic nitrogens is 3. The van der Waals surface area contributed by atoms with Crippen molar-refractivity contribution in [1.29, 1.82) is 0 Å². The number of methoxy groups -OCH3 is 1. The zero-order valence-electron chi connectivity index (χ0n) is 19.8. The van der Waals surface area contributed by atoms with Crippen LogP contribution in [0.4, 0.5) is 11.5 Å². The van der Waals surface area contributed by atoms with Gasteiger partial charge in [0, 0.05) is 48.6 Å². The van der Waals surface area contributed by atoms with Crippen LogP contribution in [0.2, 0.25) is 0 Å². The lowest BCUT2D eigenvalue weighted by atomic mass is 9.86. The van der Waals surface area contributed by atoms with Crippen LogP contribution in [0.15, 0.2) is 73.3 Å². The van der Waals surface area contributed by atoms with E-state index < -0.39 is 0 Å². The fraction of sp³-hybridized carbons (Fsp3) is 0.321. The molecular weight excluding hydrogens is 438 g/mol. The Labute approximate surface area is 204 Å². The van der Waals surface area contributed by atoms with Crippen molar-refractivity contribution >= 4 is 22.9 Å². The van der Waals surface area contributed by atoms with Crippen LogP contribution in [0.3, 0.4) is 0 Å². The van der Waals surface area contributed by atoms with Crippen molar-refractivity contribution in [2.75, 3.05) is 12.4 Å². The third kappa shape index (κ3) is 4.11. The molecule has 2 bridgehead atoms. The van der Waals surface area contributed by atoms with E-state index in [0.717, 1.165) is 49.2 Å². The molecule has 3 aromatic heterocycles. The van der Waals surface area contributed by atoms with E-state index in [0.29, 0.717) is 17.3 Å². The van der Waals surface area contributed by atoms with Crippen LogP contribution < -0.4 is 10.1 Å². The molecule has 5 heterocycles. The smallest absolute Gasteiger partial charge is 0.258 e. The van der Waals surface area contributed by atoms with Gasteiger partial charge >= 0.3 is 0 Å². The Morgan fingerprint density at radius 3 is 2.71 bits per heavy atom. The lowest BCUT2D eigenvalue weighted by Crippen LogP contribution is -2.47. The fourth-order valence-corrected chi connectivity index (χ4v) is 5.90. The van der Waals surface area contributed by atoms with Crippen molar-refractivity contribution in [2.45, 2.75) is 44.2 Å². The van der Waals surface area contributed by atoms with E-state index in [9.17, 15) is 4.79 Å². The van der Waals surface area contributed by atoms with Crippen molar-refractivity contribution in [3.05, 3.63) is 84.6 Å². The van der Waals surface area contributed by atoms with Crippen LogP contribution in [0, 0.1) is 5.92 Å². The van der Waals surface area contributed by atoms with Crippen LogP contribution in [-0.2, 0) is 6.42 Å². The molecule has 2 atom stereocenters. The van der Waals surface area contributed by atoms with Gasteiger partial charge in [0.2, 0.25) is 0 Å². The third-order valence-electron chi connectivity index (χ3n) is 7.45. The van der Waals surface area contributed by atoms with Gasteiger partial charge in [-0.2, -0.15) is 0 Å². The number of pyridine rings is 1. The van der Waals surface area contributed by atoms with Gasteiger partial charge < -0.3 is 19.4 Å². The maximum absolute atomic E-state index is 13.8. The number of hydrogen-bond acceptors (Lipinski definition) is 5. The zero-order chi connectivity index (χ0) is 23.8. The lowest BCUT2D eigenvalue weighted by molar-refractivity contribution is 0.0525. The molecular formula is C28H29N5O2. The second-order valence-electron chi connectivity index (χ2n) is 9.57. The first-order valence-corrected chi connectivity index (χ1v) is 12.3. The summed E-state index contributed by atoms with van der Waals surface area (Å²) in [5, 5.41) is 3.32. The van der Waals surface area contributed by atoms with Crippen LogP contribution in [-0.4, -0.2) is 44.4 Å². The van der Waals surface area contributed by atoms with Crippen molar-refractivity contribution < 1.29 is 9.53 Å². The first kappa shape index (κ1) is 21.6. The number of piperidine rings is 1. The second-order valence-corrected chi connectivity index (χ2v) is 9.57. The van der Waals surface area contributed by atoms with Crippen LogP contribution in [0.25, 0.3) is 5.52 Å². The van der Waals surface area contributed by atoms with Crippen molar-refractivity contribution in [3.63, 3.8) is 0 Å². The molecule has 2 aliphatic rings. The predicted molar refractivity (Wildman–Crippen MR) is 135 cm³/mol. The molecule has 0 aliphatic carbocycles. The SMILES string of the molecule is COc1cccc(Nc2ncccc2C(=O)N2C3CCC2CC(Cc2nccn4cccc24)C3)c1. The summed E-state index contributed by atoms with van der Waals surface area (Å²) < 4.78 is 7.47. The average molecular weight is 468 g/mol. The van der Waals surface area contributed by atoms with E-state index in [-0.39, 0.29) is 18.0 Å². The highest BCUT2D eigenvalue weighted by Gasteiger charge is 2.44. The van der Waals surface area contributed by atoms with Gasteiger partial charge in [0.25, 0.3) is 5.91 Å². The first-order chi connectivity index (χ1) is 17.2. The molecule has 2 saturated heterocycles. The minimum atomic E-state index is 0.0706. The molecule has 0 saturated carbocycles. The van der Waals surface area contributed by atoms with Gasteiger partial charge in [-0.1, -0.05) is 6.07 Å². The predicted octanol–water partition coefficient (Wildman–Crippen LogP) is 5.11. The third-order valence-corrected chi connectivity index (χ3v) is 7.45. The molecule has 178 valence electrons. The summed E-state index contributed by atoms with van der Waals surface area (Å²) in [5.41, 5.74) is 3.79. The number of hydrogen-bond donors (Lipinski definition) is 1. The number of anilines is 2. The zero-order valence-corrected chi connectivity index (χ0v) is 19.8. The highest BCUT2D eigenvalue weighted by Crippen LogP contribution is 2.41. The number of rotatable bonds is 6. The Kier molecular flexibility index (Phi) is 5.60. The topological polar surface area (TPSA) is 71.8 Å². The monoisotopic (exact) mass is 467 g/mol. The van der Waals surface area contributed by atoms with E-state index in [1.807, 2.05) is 48.8 Å². The maximum atomic E-state index is 13.8. The number of benzene rings is 1. The molecule has 1 amide bonds. The highest BCUT2D eigenvalue weighted by atomic mass is 16.5. The quantitative estimate of drug-likeness (QED) is 0.427. The molecule has 2 aliphatic heterocycles. The minimum absolute atomic E-state index is 0.0706. The first-order valence-electron chi connectivity index (χ1n) is 12.3. The van der Waals surface area contributed by atoms with E-state index in [1.165, 1.54) is 5.52 Å². The van der Waals surface area contributed by atoms with E-state index >= 15 is 0 Å². The summed E-state index contributed by atoms with van der Waals surface area (Å²) in [6.45, 7) is 0. The average Bonchev–Trinajstić information content (AvgIpc) is 3.47. The van der Waals surface area contributed by atoms with Gasteiger partial charge in [0.05, 0.1) is 23.9 Å². The second kappa shape index (κ2) is 9.06. The molecule has 7 heteroatoms. The Morgan fingerprint density at radius 2 is 1.89 bits per heavy atom. The highest BCUT2D eigenvalue weighted by molar-refractivity contribution is 6.00. The normalized spacial score (nSPS) is 21.3. The molecule has 1 N–H and O–H groups in total. The summed E-state index contributed by atoms with van der Waals surface area (Å²) in [6.07, 6.45) is 12.8. The standard InChI is InChI=1S/C28H29N5O2/c1-35-23-6-2-5-20(18-23)31-27-24(7-3-11-30-27)28(34)33-21-9-10-22(33)16-19(15-21)17-25-26-8-4-13-32(26)14-12-29-25/h2-8,11-14,18-19,21-22H,9-10,15-17H2,1H3,(H,30,31). The minimum Gasteiger partial charge on any atom is -0.497 e. The van der Waals surface area contributed by atoms with Crippen LogP contribution in [0.5, 0.6) is 5.75 Å². The van der Waals surface area contributed by atoms with E-state index in [4.69, 9.17) is 4.74 Å². The summed E-state index contributed by atoms with van der Waals surface area (Å²) in [4.78, 5) is 25.1. The number of ether oxygens (including phenoxy) is 1. The summed E-state index contributed by atoms with van der Waals surface area (Å²) in [6, 6.07) is 16.1. The molecule has 1 aromatic carbocycles. The summed E-state index contributed by atoms with van der Waals surface area (Å²) in [5.74, 6) is 1.94. The van der Waals surface area contributed by atoms with Crippen LogP contribution in [0.1, 0.15) is 41.7 Å². The number of carbonyl (C=O) groups excluding carboxylic acids is 1. The number of amides is 1. The van der Waals surface area contributed by atoms with Crippen LogP contribution >= 0.6 is 0 Å². The van der Waals surface area contributed by atoms with Crippen molar-refractivity contribution in [1.82, 2.24) is 19.3 Å². The van der Waals surface area contributed by atoms with Gasteiger partial charge in [-0.05, 0) is 74.4 Å². The van der Waals surface area contributed by atoms with Gasteiger partial charge in [-0.25, -0.2) is 4.98 Å². The molecule has 2 fully saturated rings. The summed E-state index contributed by atoms with van der Waals surface area (Å²) in [7, 11) is 1.64. The van der Waals surface area contributed by atoms with Gasteiger partial charge in [-0.3, -0.25) is 9.78 Å². The number of nitrogens with one attached hydrogen (secondary N) is 1. The van der Waals surface area contributed by atoms with E-state index in [1.54, 1.807) is 13.3 Å². The van der Waals surface area contributed by atoms with Gasteiger partial charge in [0.15, 0.2) is 0 Å². The molecule has 35 heavy (non-hydrogen) atoms. The Balaban J connectivity index is 1.20. The Hall–Kier alpha value is -3.87. The molecule has 4 aromatic rings. The molecule has 0 spiro atoms. The largest absolute Gasteiger partial charge is 0.497 e. The fourth-order valence-electron chi connectivity index (χ4n) is 5.90. The molecule has 2 unspecified atom stereocenters. The number of fused-ring (bicyclic) bond motifs is 3. The lowest BCUT2D eigenvalue weighted by Gasteiger charge is -2.39.